The van der Waals surface area contributed by atoms with E-state index in [-0.39, 0.29) is 17.2 Å². The summed E-state index contributed by atoms with van der Waals surface area (Å²) in [4.78, 5) is 42.4. The van der Waals surface area contributed by atoms with Gasteiger partial charge in [0.2, 0.25) is 11.4 Å². The number of fused-ring (bicyclic) bond motifs is 1. The molecule has 43 heavy (non-hydrogen) atoms. The SMILES string of the molecule is CC(C)(C)OC(=O)N1CCN(CCCOc2ccc3c(c2)c(C(=O)NCC(=O)N2CC(F)(F)C[C@H]2C#N)cc[n+]3[O-])CC1. The predicted octanol–water partition coefficient (Wildman–Crippen LogP) is 2.28. The van der Waals surface area contributed by atoms with E-state index in [0.29, 0.717) is 42.0 Å². The maximum Gasteiger partial charge on any atom is 0.410 e. The summed E-state index contributed by atoms with van der Waals surface area (Å²) < 4.78 is 39.3. The predicted molar refractivity (Wildman–Crippen MR) is 150 cm³/mol. The number of pyridine rings is 1. The van der Waals surface area contributed by atoms with Crippen molar-refractivity contribution in [2.24, 2.45) is 0 Å². The highest BCUT2D eigenvalue weighted by Crippen LogP contribution is 2.31. The zero-order valence-corrected chi connectivity index (χ0v) is 24.5. The molecule has 2 aromatic rings. The fourth-order valence-corrected chi connectivity index (χ4v) is 5.03. The van der Waals surface area contributed by atoms with Gasteiger partial charge in [-0.25, -0.2) is 13.6 Å². The third kappa shape index (κ3) is 8.19. The van der Waals surface area contributed by atoms with Crippen molar-refractivity contribution in [2.45, 2.75) is 51.2 Å². The third-order valence-corrected chi connectivity index (χ3v) is 7.17. The molecule has 2 aliphatic rings. The van der Waals surface area contributed by atoms with Crippen LogP contribution in [0.5, 0.6) is 5.75 Å². The first kappa shape index (κ1) is 31.7. The Hall–Kier alpha value is -4.25. The number of benzene rings is 1. The molecule has 14 heteroatoms. The molecule has 2 aliphatic heterocycles. The number of carbonyl (C=O) groups is 3. The van der Waals surface area contributed by atoms with Crippen LogP contribution >= 0.6 is 0 Å². The second kappa shape index (κ2) is 12.9. The number of piperazine rings is 1. The van der Waals surface area contributed by atoms with E-state index in [1.54, 1.807) is 23.1 Å². The van der Waals surface area contributed by atoms with Crippen molar-refractivity contribution >= 4 is 28.8 Å². The summed E-state index contributed by atoms with van der Waals surface area (Å²) in [5.74, 6) is -4.20. The van der Waals surface area contributed by atoms with E-state index in [9.17, 15) is 28.4 Å². The Balaban J connectivity index is 1.30. The van der Waals surface area contributed by atoms with Crippen LogP contribution in [0.1, 0.15) is 44.0 Å². The number of rotatable bonds is 8. The molecule has 1 aromatic heterocycles. The van der Waals surface area contributed by atoms with Crippen molar-refractivity contribution < 1.29 is 37.4 Å². The van der Waals surface area contributed by atoms with Crippen molar-refractivity contribution in [3.8, 4) is 11.8 Å². The maximum atomic E-state index is 13.7. The van der Waals surface area contributed by atoms with Crippen LogP contribution in [0, 0.1) is 16.5 Å². The van der Waals surface area contributed by atoms with Gasteiger partial charge in [-0.1, -0.05) is 0 Å². The van der Waals surface area contributed by atoms with Crippen LogP contribution in [0.25, 0.3) is 10.9 Å². The van der Waals surface area contributed by atoms with Crippen LogP contribution < -0.4 is 14.8 Å². The molecule has 232 valence electrons. The van der Waals surface area contributed by atoms with E-state index < -0.39 is 48.9 Å². The van der Waals surface area contributed by atoms with E-state index in [1.165, 1.54) is 12.1 Å². The number of nitriles is 1. The van der Waals surface area contributed by atoms with Gasteiger partial charge >= 0.3 is 6.09 Å². The van der Waals surface area contributed by atoms with Crippen molar-refractivity contribution in [1.29, 1.82) is 5.26 Å². The Morgan fingerprint density at radius 3 is 2.58 bits per heavy atom. The summed E-state index contributed by atoms with van der Waals surface area (Å²) in [6.07, 6.45) is 0.809. The molecule has 12 nitrogen and oxygen atoms in total. The molecule has 0 bridgehead atoms. The summed E-state index contributed by atoms with van der Waals surface area (Å²) in [6.45, 7) is 7.77. The van der Waals surface area contributed by atoms with Gasteiger partial charge in [0, 0.05) is 51.3 Å². The van der Waals surface area contributed by atoms with Gasteiger partial charge in [-0.3, -0.25) is 14.5 Å². The number of carbonyl (C=O) groups excluding carboxylic acids is 3. The lowest BCUT2D eigenvalue weighted by Crippen LogP contribution is -2.50. The fourth-order valence-electron chi connectivity index (χ4n) is 5.03. The molecule has 0 spiro atoms. The molecule has 0 unspecified atom stereocenters. The minimum absolute atomic E-state index is 0.104. The standard InChI is InChI=1S/C29H36F2N6O6/c1-28(2,3)43-27(40)35-12-10-34(11-13-35)8-4-14-42-21-5-6-24-23(15-21)22(7-9-37(24)41)26(39)33-18-25(38)36-19-29(30,31)16-20(36)17-32/h5-7,9,15,20H,4,8,10-14,16,18-19H2,1-3H3,(H,33,39)/t20-/m0/s1. The molecule has 2 saturated heterocycles. The van der Waals surface area contributed by atoms with Crippen LogP contribution in [0.2, 0.25) is 0 Å². The van der Waals surface area contributed by atoms with Gasteiger partial charge in [-0.05, 0) is 39.3 Å². The minimum atomic E-state index is -3.16. The maximum absolute atomic E-state index is 13.7. The van der Waals surface area contributed by atoms with E-state index in [0.717, 1.165) is 30.7 Å². The monoisotopic (exact) mass is 602 g/mol. The lowest BCUT2D eigenvalue weighted by molar-refractivity contribution is -0.577. The van der Waals surface area contributed by atoms with Crippen molar-refractivity contribution in [2.75, 3.05) is 52.4 Å². The lowest BCUT2D eigenvalue weighted by Gasteiger charge is -2.35. The first-order valence-corrected chi connectivity index (χ1v) is 14.1. The number of likely N-dealkylation sites (tertiary alicyclic amines) is 1. The fraction of sp³-hybridized carbons (Fsp3) is 0.552. The number of hydrogen-bond donors (Lipinski definition) is 1. The highest BCUT2D eigenvalue weighted by Gasteiger charge is 2.47. The first-order chi connectivity index (χ1) is 20.3. The van der Waals surface area contributed by atoms with Crippen LogP contribution in [-0.2, 0) is 9.53 Å². The van der Waals surface area contributed by atoms with Crippen LogP contribution in [0.3, 0.4) is 0 Å². The molecule has 1 N–H and O–H groups in total. The number of aromatic nitrogens is 1. The van der Waals surface area contributed by atoms with Gasteiger partial charge in [0.05, 0.1) is 36.7 Å². The molecule has 1 atom stereocenters. The number of amides is 3. The van der Waals surface area contributed by atoms with Gasteiger partial charge in [0.25, 0.3) is 11.8 Å². The Kier molecular flexibility index (Phi) is 9.54. The van der Waals surface area contributed by atoms with Gasteiger partial charge in [0.15, 0.2) is 6.20 Å². The van der Waals surface area contributed by atoms with E-state index in [1.807, 2.05) is 20.8 Å². The Morgan fingerprint density at radius 1 is 1.19 bits per heavy atom. The van der Waals surface area contributed by atoms with Crippen molar-refractivity contribution in [3.63, 3.8) is 0 Å². The molecule has 0 radical (unpaired) electrons. The summed E-state index contributed by atoms with van der Waals surface area (Å²) in [5, 5.41) is 24.2. The van der Waals surface area contributed by atoms with Crippen LogP contribution in [-0.4, -0.2) is 103 Å². The molecule has 1 aromatic carbocycles. The average Bonchev–Trinajstić information content (AvgIpc) is 3.28. The normalized spacial score (nSPS) is 18.7. The van der Waals surface area contributed by atoms with Gasteiger partial charge < -0.3 is 29.8 Å². The van der Waals surface area contributed by atoms with Gasteiger partial charge in [-0.15, -0.1) is 0 Å². The smallest absolute Gasteiger partial charge is 0.410 e. The molecular weight excluding hydrogens is 566 g/mol. The van der Waals surface area contributed by atoms with Crippen LogP contribution in [0.15, 0.2) is 30.5 Å². The van der Waals surface area contributed by atoms with E-state index in [4.69, 9.17) is 14.7 Å². The zero-order valence-electron chi connectivity index (χ0n) is 24.5. The number of nitrogens with zero attached hydrogens (tertiary/aromatic N) is 5. The molecule has 4 rings (SSSR count). The summed E-state index contributed by atoms with van der Waals surface area (Å²) in [5.41, 5.74) is -0.227. The molecule has 0 saturated carbocycles. The van der Waals surface area contributed by atoms with E-state index in [2.05, 4.69) is 10.2 Å². The first-order valence-electron chi connectivity index (χ1n) is 14.1. The molecule has 0 aliphatic carbocycles. The Morgan fingerprint density at radius 2 is 1.91 bits per heavy atom. The second-order valence-corrected chi connectivity index (χ2v) is 11.7. The number of ether oxygens (including phenoxy) is 2. The summed E-state index contributed by atoms with van der Waals surface area (Å²) in [6, 6.07) is 6.45. The summed E-state index contributed by atoms with van der Waals surface area (Å²) >= 11 is 0. The minimum Gasteiger partial charge on any atom is -0.618 e. The zero-order chi connectivity index (χ0) is 31.4. The average molecular weight is 603 g/mol. The Labute approximate surface area is 248 Å². The van der Waals surface area contributed by atoms with Gasteiger partial charge in [0.1, 0.15) is 17.4 Å². The van der Waals surface area contributed by atoms with Crippen LogP contribution in [0.4, 0.5) is 13.6 Å². The number of halogens is 2. The lowest BCUT2D eigenvalue weighted by atomic mass is 10.1. The third-order valence-electron chi connectivity index (χ3n) is 7.17. The molecule has 3 amide bonds. The summed E-state index contributed by atoms with van der Waals surface area (Å²) in [7, 11) is 0. The molecule has 2 fully saturated rings. The van der Waals surface area contributed by atoms with Crippen molar-refractivity contribution in [3.05, 3.63) is 41.2 Å². The number of alkyl halides is 2. The number of hydrogen-bond acceptors (Lipinski definition) is 8. The quantitative estimate of drug-likeness (QED) is 0.276. The highest BCUT2D eigenvalue weighted by atomic mass is 19.3. The van der Waals surface area contributed by atoms with Gasteiger partial charge in [-0.2, -0.15) is 9.99 Å². The largest absolute Gasteiger partial charge is 0.618 e. The second-order valence-electron chi connectivity index (χ2n) is 11.7. The molecular formula is C29H36F2N6O6. The topological polar surface area (TPSA) is 142 Å². The van der Waals surface area contributed by atoms with Crippen molar-refractivity contribution in [1.82, 2.24) is 20.0 Å². The highest BCUT2D eigenvalue weighted by molar-refractivity contribution is 6.06. The molecule has 3 heterocycles. The van der Waals surface area contributed by atoms with E-state index >= 15 is 0 Å². The number of nitrogens with one attached hydrogen (secondary N) is 1. The Bertz CT molecular complexity index is 1400.